The smallest absolute Gasteiger partial charge is 0.0991 e. The van der Waals surface area contributed by atoms with Gasteiger partial charge in [-0.3, -0.25) is 4.98 Å². The minimum Gasteiger partial charge on any atom is -0.255 e. The van der Waals surface area contributed by atoms with Crippen LogP contribution in [0, 0.1) is 6.92 Å². The maximum atomic E-state index is 4.98. The molecule has 0 unspecified atom stereocenters. The molecule has 0 N–H and O–H groups in total. The first-order valence-electron chi connectivity index (χ1n) is 12.4. The summed E-state index contributed by atoms with van der Waals surface area (Å²) in [6.45, 7) is 14.2. The average molecular weight is 460 g/mol. The zero-order valence-corrected chi connectivity index (χ0v) is 22.4. The van der Waals surface area contributed by atoms with Gasteiger partial charge in [0.15, 0.2) is 0 Å². The van der Waals surface area contributed by atoms with Crippen molar-refractivity contribution in [1.29, 1.82) is 0 Å². The van der Waals surface area contributed by atoms with Gasteiger partial charge in [0, 0.05) is 11.8 Å². The lowest BCUT2D eigenvalue weighted by atomic mass is 9.87. The number of aryl methyl sites for hydroxylation is 1. The maximum Gasteiger partial charge on any atom is 0.0991 e. The van der Waals surface area contributed by atoms with Crippen LogP contribution in [0.4, 0.5) is 0 Å². The molecule has 0 amide bonds. The van der Waals surface area contributed by atoms with Gasteiger partial charge in [0.2, 0.25) is 0 Å². The molecule has 2 heterocycles. The molecule has 0 radical (unpaired) electrons. The van der Waals surface area contributed by atoms with Gasteiger partial charge in [0.05, 0.1) is 18.5 Å². The highest BCUT2D eigenvalue weighted by Crippen LogP contribution is 2.39. The summed E-state index contributed by atoms with van der Waals surface area (Å²) < 4.78 is 3.09. The summed E-state index contributed by atoms with van der Waals surface area (Å²) in [5.41, 5.74) is 5.45. The number of thiophene rings is 1. The zero-order chi connectivity index (χ0) is 22.9. The van der Waals surface area contributed by atoms with Crippen molar-refractivity contribution < 1.29 is 0 Å². The number of hydrogen-bond donors (Lipinski definition) is 0. The zero-order valence-electron chi connectivity index (χ0n) is 20.6. The Morgan fingerprint density at radius 2 is 1.56 bits per heavy atom. The summed E-state index contributed by atoms with van der Waals surface area (Å²) in [7, 11) is -1.44. The largest absolute Gasteiger partial charge is 0.255 e. The van der Waals surface area contributed by atoms with Crippen LogP contribution in [0.15, 0.2) is 48.7 Å². The molecular weight excluding hydrogens is 422 g/mol. The van der Waals surface area contributed by atoms with Gasteiger partial charge in [-0.1, -0.05) is 77.0 Å². The van der Waals surface area contributed by atoms with Crippen LogP contribution in [0.5, 0.6) is 0 Å². The molecule has 168 valence electrons. The third-order valence-corrected chi connectivity index (χ3v) is 16.1. The van der Waals surface area contributed by atoms with Crippen molar-refractivity contribution >= 4 is 44.8 Å². The van der Waals surface area contributed by atoms with Crippen molar-refractivity contribution in [2.45, 2.75) is 78.4 Å². The SMILES string of the molecule is CCC(CC)c1cc(-c2nccc3c(C)c([Si](CC)(CC)CC)sc23)cc2ccccc12. The third kappa shape index (κ3) is 3.74. The fourth-order valence-corrected chi connectivity index (χ4v) is 12.6. The molecule has 0 atom stereocenters. The Balaban J connectivity index is 1.99. The lowest BCUT2D eigenvalue weighted by molar-refractivity contribution is 0.647. The van der Waals surface area contributed by atoms with Crippen molar-refractivity contribution in [2.24, 2.45) is 0 Å². The van der Waals surface area contributed by atoms with Gasteiger partial charge in [-0.2, -0.15) is 0 Å². The van der Waals surface area contributed by atoms with Gasteiger partial charge in [0.1, 0.15) is 0 Å². The molecular formula is C29H37NSSi. The summed E-state index contributed by atoms with van der Waals surface area (Å²) >= 11 is 2.06. The molecule has 2 aromatic heterocycles. The monoisotopic (exact) mass is 459 g/mol. The number of rotatable bonds is 8. The highest BCUT2D eigenvalue weighted by molar-refractivity contribution is 7.32. The van der Waals surface area contributed by atoms with E-state index in [1.165, 1.54) is 74.2 Å². The number of hydrogen-bond acceptors (Lipinski definition) is 2. The second-order valence-electron chi connectivity index (χ2n) is 9.23. The Kier molecular flexibility index (Phi) is 6.88. The first-order valence-corrected chi connectivity index (χ1v) is 15.9. The molecule has 0 aliphatic rings. The van der Waals surface area contributed by atoms with E-state index in [9.17, 15) is 0 Å². The van der Waals surface area contributed by atoms with Crippen molar-refractivity contribution in [3.05, 3.63) is 59.8 Å². The van der Waals surface area contributed by atoms with E-state index in [2.05, 4.69) is 95.3 Å². The van der Waals surface area contributed by atoms with Crippen LogP contribution in [0.2, 0.25) is 18.1 Å². The average Bonchev–Trinajstić information content (AvgIpc) is 3.18. The van der Waals surface area contributed by atoms with E-state index in [0.717, 1.165) is 0 Å². The Hall–Kier alpha value is -1.97. The molecule has 0 spiro atoms. The summed E-state index contributed by atoms with van der Waals surface area (Å²) in [5, 5.41) is 4.15. The van der Waals surface area contributed by atoms with Gasteiger partial charge in [-0.05, 0) is 75.7 Å². The fourth-order valence-electron chi connectivity index (χ4n) is 5.63. The summed E-state index contributed by atoms with van der Waals surface area (Å²) in [5.74, 6) is 0.583. The molecule has 0 aliphatic heterocycles. The van der Waals surface area contributed by atoms with E-state index in [4.69, 9.17) is 4.98 Å². The molecule has 1 nitrogen and oxygen atoms in total. The van der Waals surface area contributed by atoms with E-state index in [1.54, 1.807) is 4.50 Å². The predicted octanol–water partition coefficient (Wildman–Crippen LogP) is 9.04. The summed E-state index contributed by atoms with van der Waals surface area (Å²) in [6.07, 6.45) is 4.36. The molecule has 2 aromatic carbocycles. The maximum absolute atomic E-state index is 4.98. The molecule has 0 aliphatic carbocycles. The number of nitrogens with zero attached hydrogens (tertiary/aromatic N) is 1. The lowest BCUT2D eigenvalue weighted by Gasteiger charge is -2.27. The van der Waals surface area contributed by atoms with Gasteiger partial charge in [-0.15, -0.1) is 11.3 Å². The van der Waals surface area contributed by atoms with Crippen LogP contribution in [0.3, 0.4) is 0 Å². The second-order valence-corrected chi connectivity index (χ2v) is 15.8. The molecule has 3 heteroatoms. The predicted molar refractivity (Wildman–Crippen MR) is 147 cm³/mol. The molecule has 32 heavy (non-hydrogen) atoms. The van der Waals surface area contributed by atoms with Crippen molar-refractivity contribution in [1.82, 2.24) is 4.98 Å². The lowest BCUT2D eigenvalue weighted by Crippen LogP contribution is -2.45. The van der Waals surface area contributed by atoms with Crippen LogP contribution < -0.4 is 4.50 Å². The van der Waals surface area contributed by atoms with Gasteiger partial charge in [0.25, 0.3) is 0 Å². The van der Waals surface area contributed by atoms with Crippen LogP contribution in [0.25, 0.3) is 32.1 Å². The quantitative estimate of drug-likeness (QED) is 0.239. The molecule has 4 aromatic rings. The van der Waals surface area contributed by atoms with Crippen molar-refractivity contribution in [2.75, 3.05) is 0 Å². The minimum absolute atomic E-state index is 0.583. The van der Waals surface area contributed by atoms with E-state index in [0.29, 0.717) is 5.92 Å². The van der Waals surface area contributed by atoms with Crippen LogP contribution >= 0.6 is 11.3 Å². The number of fused-ring (bicyclic) bond motifs is 2. The molecule has 4 rings (SSSR count). The van der Waals surface area contributed by atoms with Crippen molar-refractivity contribution in [3.63, 3.8) is 0 Å². The Morgan fingerprint density at radius 1 is 0.875 bits per heavy atom. The van der Waals surface area contributed by atoms with E-state index in [-0.39, 0.29) is 0 Å². The Morgan fingerprint density at radius 3 is 2.22 bits per heavy atom. The van der Waals surface area contributed by atoms with Crippen molar-refractivity contribution in [3.8, 4) is 11.3 Å². The Bertz CT molecular complexity index is 1220. The Labute approximate surface area is 198 Å². The van der Waals surface area contributed by atoms with E-state index < -0.39 is 8.07 Å². The second kappa shape index (κ2) is 9.49. The third-order valence-electron chi connectivity index (χ3n) is 7.96. The van der Waals surface area contributed by atoms with E-state index in [1.807, 2.05) is 6.20 Å². The number of benzene rings is 2. The van der Waals surface area contributed by atoms with Crippen LogP contribution in [-0.2, 0) is 0 Å². The van der Waals surface area contributed by atoms with E-state index >= 15 is 0 Å². The summed E-state index contributed by atoms with van der Waals surface area (Å²) in [4.78, 5) is 4.98. The van der Waals surface area contributed by atoms with Gasteiger partial charge in [-0.25, -0.2) is 0 Å². The normalized spacial score (nSPS) is 12.3. The fraction of sp³-hybridized carbons (Fsp3) is 0.414. The standard InChI is InChI=1S/C29H37NSSi/c1-7-21(8-2)26-19-23(18-22-14-12-13-15-25(22)26)27-28-24(16-17-30-27)20(6)29(31-28)32(9-3,10-4)11-5/h12-19,21H,7-11H2,1-6H3. The number of aromatic nitrogens is 1. The molecule has 0 bridgehead atoms. The van der Waals surface area contributed by atoms with Crippen LogP contribution in [0.1, 0.15) is 64.5 Å². The first-order chi connectivity index (χ1) is 15.5. The molecule has 0 saturated carbocycles. The molecule has 0 fully saturated rings. The van der Waals surface area contributed by atoms with Crippen LogP contribution in [-0.4, -0.2) is 13.1 Å². The van der Waals surface area contributed by atoms with Gasteiger partial charge < -0.3 is 0 Å². The topological polar surface area (TPSA) is 12.9 Å². The summed E-state index contributed by atoms with van der Waals surface area (Å²) in [6, 6.07) is 19.9. The minimum atomic E-state index is -1.44. The molecule has 0 saturated heterocycles. The number of pyridine rings is 1. The first kappa shape index (κ1) is 23.2. The highest BCUT2D eigenvalue weighted by Gasteiger charge is 2.33. The van der Waals surface area contributed by atoms with Gasteiger partial charge >= 0.3 is 0 Å². The highest BCUT2D eigenvalue weighted by atomic mass is 32.1.